The van der Waals surface area contributed by atoms with Crippen LogP contribution in [0.25, 0.3) is 10.2 Å². The molecular formula is C24H23FN4O2S. The number of aryl methyl sites for hydroxylation is 1. The minimum absolute atomic E-state index is 0.0841. The molecule has 2 heterocycles. The molecule has 8 heteroatoms. The Balaban J connectivity index is 1.53. The number of halogens is 1. The van der Waals surface area contributed by atoms with E-state index in [0.29, 0.717) is 22.8 Å². The van der Waals surface area contributed by atoms with E-state index in [4.69, 9.17) is 0 Å². The molecule has 2 aromatic heterocycles. The molecule has 0 aliphatic rings. The molecule has 0 atom stereocenters. The first-order valence-electron chi connectivity index (χ1n) is 10.2. The quantitative estimate of drug-likeness (QED) is 0.411. The highest BCUT2D eigenvalue weighted by molar-refractivity contribution is 7.20. The maximum atomic E-state index is 13.2. The molecule has 0 saturated carbocycles. The van der Waals surface area contributed by atoms with Gasteiger partial charge in [-0.05, 0) is 48.9 Å². The minimum Gasteiger partial charge on any atom is -0.326 e. The summed E-state index contributed by atoms with van der Waals surface area (Å²) in [5.41, 5.74) is 2.98. The Morgan fingerprint density at radius 2 is 1.75 bits per heavy atom. The van der Waals surface area contributed by atoms with Crippen molar-refractivity contribution < 1.29 is 14.0 Å². The number of amides is 2. The van der Waals surface area contributed by atoms with E-state index in [1.165, 1.54) is 23.5 Å². The van der Waals surface area contributed by atoms with E-state index in [-0.39, 0.29) is 23.5 Å². The van der Waals surface area contributed by atoms with Crippen molar-refractivity contribution in [1.82, 2.24) is 9.78 Å². The van der Waals surface area contributed by atoms with Gasteiger partial charge in [0.25, 0.3) is 5.91 Å². The standard InChI is InChI=1S/C24H23FN4O2S/c1-14(2)22(30)26-18-5-4-6-19(11-18)27-23(31)21-12-20-15(3)28-29(24(20)32-21)13-16-7-9-17(25)10-8-16/h4-12,14H,13H2,1-3H3,(H,26,30)(H,27,31). The minimum atomic E-state index is -0.279. The first kappa shape index (κ1) is 21.7. The van der Waals surface area contributed by atoms with E-state index in [1.807, 2.05) is 31.5 Å². The number of hydrogen-bond donors (Lipinski definition) is 2. The highest BCUT2D eigenvalue weighted by Gasteiger charge is 2.17. The predicted molar refractivity (Wildman–Crippen MR) is 126 cm³/mol. The summed E-state index contributed by atoms with van der Waals surface area (Å²) in [6.07, 6.45) is 0. The van der Waals surface area contributed by atoms with E-state index in [1.54, 1.807) is 36.4 Å². The Morgan fingerprint density at radius 3 is 2.44 bits per heavy atom. The van der Waals surface area contributed by atoms with Crippen LogP contribution >= 0.6 is 11.3 Å². The zero-order valence-electron chi connectivity index (χ0n) is 18.0. The molecule has 0 bridgehead atoms. The van der Waals surface area contributed by atoms with Crippen LogP contribution in [0.3, 0.4) is 0 Å². The predicted octanol–water partition coefficient (Wildman–Crippen LogP) is 5.44. The molecule has 4 aromatic rings. The van der Waals surface area contributed by atoms with Gasteiger partial charge in [-0.2, -0.15) is 5.10 Å². The number of carbonyl (C=O) groups is 2. The van der Waals surface area contributed by atoms with Gasteiger partial charge in [0.2, 0.25) is 5.91 Å². The number of aromatic nitrogens is 2. The molecular weight excluding hydrogens is 427 g/mol. The van der Waals surface area contributed by atoms with Crippen LogP contribution in [0.4, 0.5) is 15.8 Å². The number of nitrogens with one attached hydrogen (secondary N) is 2. The second-order valence-corrected chi connectivity index (χ2v) is 8.91. The van der Waals surface area contributed by atoms with Crippen LogP contribution < -0.4 is 10.6 Å². The number of hydrogen-bond acceptors (Lipinski definition) is 4. The maximum Gasteiger partial charge on any atom is 0.265 e. The lowest BCUT2D eigenvalue weighted by Crippen LogP contribution is -2.18. The van der Waals surface area contributed by atoms with E-state index in [9.17, 15) is 14.0 Å². The molecule has 0 saturated heterocycles. The lowest BCUT2D eigenvalue weighted by molar-refractivity contribution is -0.118. The second kappa shape index (κ2) is 8.92. The summed E-state index contributed by atoms with van der Waals surface area (Å²) in [6.45, 7) is 6.03. The van der Waals surface area contributed by atoms with Crippen molar-refractivity contribution in [3.8, 4) is 0 Å². The van der Waals surface area contributed by atoms with Crippen molar-refractivity contribution in [2.75, 3.05) is 10.6 Å². The molecule has 2 aromatic carbocycles. The SMILES string of the molecule is Cc1nn(Cc2ccc(F)cc2)c2sc(C(=O)Nc3cccc(NC(=O)C(C)C)c3)cc12. The van der Waals surface area contributed by atoms with Crippen LogP contribution in [0.5, 0.6) is 0 Å². The van der Waals surface area contributed by atoms with E-state index in [2.05, 4.69) is 15.7 Å². The fourth-order valence-electron chi connectivity index (χ4n) is 3.25. The third-order valence-electron chi connectivity index (χ3n) is 4.99. The molecule has 32 heavy (non-hydrogen) atoms. The van der Waals surface area contributed by atoms with Crippen molar-refractivity contribution in [3.63, 3.8) is 0 Å². The summed E-state index contributed by atoms with van der Waals surface area (Å²) in [6, 6.07) is 15.2. The molecule has 0 spiro atoms. The highest BCUT2D eigenvalue weighted by Crippen LogP contribution is 2.29. The van der Waals surface area contributed by atoms with Crippen LogP contribution in [0.1, 0.15) is 34.8 Å². The number of anilines is 2. The number of carbonyl (C=O) groups excluding carboxylic acids is 2. The van der Waals surface area contributed by atoms with E-state index in [0.717, 1.165) is 21.5 Å². The monoisotopic (exact) mass is 450 g/mol. The lowest BCUT2D eigenvalue weighted by atomic mass is 10.2. The zero-order chi connectivity index (χ0) is 22.8. The van der Waals surface area contributed by atoms with Crippen LogP contribution in [0.2, 0.25) is 0 Å². The fraction of sp³-hybridized carbons (Fsp3) is 0.208. The average Bonchev–Trinajstić information content (AvgIpc) is 3.31. The third kappa shape index (κ3) is 4.70. The van der Waals surface area contributed by atoms with Gasteiger partial charge in [-0.1, -0.05) is 32.0 Å². The number of nitrogens with zero attached hydrogens (tertiary/aromatic N) is 2. The highest BCUT2D eigenvalue weighted by atomic mass is 32.1. The number of thiophene rings is 1. The Hall–Kier alpha value is -3.52. The number of fused-ring (bicyclic) bond motifs is 1. The van der Waals surface area contributed by atoms with Crippen LogP contribution in [-0.4, -0.2) is 21.6 Å². The van der Waals surface area contributed by atoms with Gasteiger partial charge in [0, 0.05) is 22.7 Å². The fourth-order valence-corrected chi connectivity index (χ4v) is 4.30. The van der Waals surface area contributed by atoms with Gasteiger partial charge < -0.3 is 10.6 Å². The van der Waals surface area contributed by atoms with Gasteiger partial charge in [-0.25, -0.2) is 4.39 Å². The Morgan fingerprint density at radius 1 is 1.06 bits per heavy atom. The van der Waals surface area contributed by atoms with Crippen LogP contribution in [0.15, 0.2) is 54.6 Å². The number of benzene rings is 2. The maximum absolute atomic E-state index is 13.2. The Kier molecular flexibility index (Phi) is 6.05. The van der Waals surface area contributed by atoms with Gasteiger partial charge >= 0.3 is 0 Å². The van der Waals surface area contributed by atoms with E-state index >= 15 is 0 Å². The molecule has 2 amide bonds. The van der Waals surface area contributed by atoms with Gasteiger partial charge in [-0.15, -0.1) is 11.3 Å². The van der Waals surface area contributed by atoms with Gasteiger partial charge in [0.1, 0.15) is 10.6 Å². The first-order valence-corrected chi connectivity index (χ1v) is 11.1. The summed E-state index contributed by atoms with van der Waals surface area (Å²) < 4.78 is 15.0. The molecule has 0 aliphatic carbocycles. The summed E-state index contributed by atoms with van der Waals surface area (Å²) in [5.74, 6) is -0.728. The van der Waals surface area contributed by atoms with Crippen LogP contribution in [-0.2, 0) is 11.3 Å². The summed E-state index contributed by atoms with van der Waals surface area (Å²) in [7, 11) is 0. The van der Waals surface area contributed by atoms with Gasteiger partial charge in [0.15, 0.2) is 0 Å². The summed E-state index contributed by atoms with van der Waals surface area (Å²) >= 11 is 1.36. The van der Waals surface area contributed by atoms with Crippen molar-refractivity contribution in [3.05, 3.63) is 76.5 Å². The zero-order valence-corrected chi connectivity index (χ0v) is 18.8. The molecule has 0 unspecified atom stereocenters. The summed E-state index contributed by atoms with van der Waals surface area (Å²) in [5, 5.41) is 11.2. The van der Waals surface area contributed by atoms with Crippen molar-refractivity contribution in [1.29, 1.82) is 0 Å². The second-order valence-electron chi connectivity index (χ2n) is 7.88. The topological polar surface area (TPSA) is 76.0 Å². The van der Waals surface area contributed by atoms with E-state index < -0.39 is 0 Å². The smallest absolute Gasteiger partial charge is 0.265 e. The molecule has 164 valence electrons. The van der Waals surface area contributed by atoms with Crippen LogP contribution in [0, 0.1) is 18.7 Å². The Bertz CT molecular complexity index is 1290. The molecule has 2 N–H and O–H groups in total. The molecule has 6 nitrogen and oxygen atoms in total. The largest absolute Gasteiger partial charge is 0.326 e. The summed E-state index contributed by atoms with van der Waals surface area (Å²) in [4.78, 5) is 26.3. The Labute approximate surface area is 189 Å². The molecule has 0 radical (unpaired) electrons. The van der Waals surface area contributed by atoms with Crippen molar-refractivity contribution in [2.24, 2.45) is 5.92 Å². The molecule has 0 fully saturated rings. The normalized spacial score (nSPS) is 11.2. The lowest BCUT2D eigenvalue weighted by Gasteiger charge is -2.10. The molecule has 4 rings (SSSR count). The van der Waals surface area contributed by atoms with Crippen molar-refractivity contribution >= 4 is 44.7 Å². The third-order valence-corrected chi connectivity index (χ3v) is 6.14. The number of rotatable bonds is 6. The molecule has 0 aliphatic heterocycles. The van der Waals surface area contributed by atoms with Crippen molar-refractivity contribution in [2.45, 2.75) is 27.3 Å². The first-order chi connectivity index (χ1) is 15.3. The average molecular weight is 451 g/mol. The van der Waals surface area contributed by atoms with Gasteiger partial charge in [0.05, 0.1) is 17.1 Å². The van der Waals surface area contributed by atoms with Gasteiger partial charge in [-0.3, -0.25) is 14.3 Å².